The minimum Gasteiger partial charge on any atom is -1.00 e. The second-order valence-electron chi connectivity index (χ2n) is 12.0. The van der Waals surface area contributed by atoms with Crippen LogP contribution in [0.4, 0.5) is 0 Å². The van der Waals surface area contributed by atoms with Gasteiger partial charge in [-0.3, -0.25) is 0 Å². The number of aromatic nitrogens is 4. The SMILES string of the molecule is O=C(C1=Cc2ccccc2[CH]1[Zr+3])[C@@]1(Cc2c[nH]cn2)CCN1.O=C(C1=Cc2ccccc2[CH]1[Zr+3])[C@@]1(Cc2c[nH]cn2)CCN1.[Br-].[Br-].[Br-].[Cl-].[Cl-].[Cl-]. The summed E-state index contributed by atoms with van der Waals surface area (Å²) in [5.74, 6) is 0.500. The molecule has 0 bridgehead atoms. The Labute approximate surface area is 372 Å². The number of hydrogen-bond acceptors (Lipinski definition) is 6. The molecule has 2 unspecified atom stereocenters. The zero-order valence-electron chi connectivity index (χ0n) is 26.5. The van der Waals surface area contributed by atoms with E-state index < -0.39 is 11.1 Å². The van der Waals surface area contributed by atoms with Gasteiger partial charge in [-0.1, -0.05) is 0 Å². The van der Waals surface area contributed by atoms with Crippen molar-refractivity contribution in [2.24, 2.45) is 0 Å². The molecule has 8 nitrogen and oxygen atoms in total. The van der Waals surface area contributed by atoms with E-state index in [0.717, 1.165) is 48.5 Å². The number of nitrogens with one attached hydrogen (secondary N) is 4. The second kappa shape index (κ2) is 20.4. The molecule has 0 spiro atoms. The van der Waals surface area contributed by atoms with E-state index in [4.69, 9.17) is 0 Å². The minimum absolute atomic E-state index is 0. The summed E-state index contributed by atoms with van der Waals surface area (Å²) in [4.78, 5) is 40.9. The number of aromatic amines is 2. The van der Waals surface area contributed by atoms with E-state index in [-0.39, 0.29) is 107 Å². The first-order valence-electron chi connectivity index (χ1n) is 15.0. The van der Waals surface area contributed by atoms with Crippen LogP contribution in [0.2, 0.25) is 0 Å². The summed E-state index contributed by atoms with van der Waals surface area (Å²) < 4.78 is 0.517. The molecule has 8 rings (SSSR count). The Hall–Kier alpha value is -0.324. The number of Topliss-reactive ketones (excluding diaryl/α,β-unsaturated/α-hetero) is 2. The van der Waals surface area contributed by atoms with Crippen molar-refractivity contribution < 1.29 is 147 Å². The van der Waals surface area contributed by atoms with Gasteiger partial charge in [0.05, 0.1) is 0 Å². The van der Waals surface area contributed by atoms with E-state index in [1.165, 1.54) is 71.7 Å². The summed E-state index contributed by atoms with van der Waals surface area (Å²) in [5, 5.41) is 6.77. The number of fused-ring (bicyclic) bond motifs is 2. The normalized spacial score (nSPS) is 23.1. The van der Waals surface area contributed by atoms with Gasteiger partial charge in [0.2, 0.25) is 0 Å². The average Bonchev–Trinajstić information content (AvgIpc) is 3.81. The molecule has 2 fully saturated rings. The maximum atomic E-state index is 13.2. The molecule has 2 aliphatic heterocycles. The van der Waals surface area contributed by atoms with Gasteiger partial charge in [0.25, 0.3) is 0 Å². The molecule has 0 radical (unpaired) electrons. The number of carbonyl (C=O) groups is 2. The largest absolute Gasteiger partial charge is 1.00 e. The first-order valence-corrected chi connectivity index (χ1v) is 17.8. The third-order valence-corrected chi connectivity index (χ3v) is 12.4. The number of hydrogen-bond donors (Lipinski definition) is 4. The van der Waals surface area contributed by atoms with Gasteiger partial charge < -0.3 is 88.2 Å². The number of rotatable bonds is 8. The van der Waals surface area contributed by atoms with Crippen molar-refractivity contribution in [1.82, 2.24) is 30.6 Å². The average molecular weight is 1090 g/mol. The van der Waals surface area contributed by atoms with Crippen LogP contribution in [-0.2, 0) is 71.9 Å². The second-order valence-corrected chi connectivity index (χ2v) is 14.8. The van der Waals surface area contributed by atoms with Crippen molar-refractivity contribution in [2.75, 3.05) is 13.1 Å². The van der Waals surface area contributed by atoms with Crippen LogP contribution in [0.15, 0.2) is 84.7 Å². The smallest absolute Gasteiger partial charge is 1.00 e. The molecule has 2 saturated heterocycles. The molecule has 50 heavy (non-hydrogen) atoms. The van der Waals surface area contributed by atoms with E-state index in [0.29, 0.717) is 12.8 Å². The number of carbonyl (C=O) groups excluding carboxylic acids is 2. The summed E-state index contributed by atoms with van der Waals surface area (Å²) >= 11 is 2.74. The summed E-state index contributed by atoms with van der Waals surface area (Å²) in [7, 11) is 0. The van der Waals surface area contributed by atoms with E-state index in [1.54, 1.807) is 12.7 Å². The molecule has 2 aliphatic carbocycles. The van der Waals surface area contributed by atoms with E-state index in [9.17, 15) is 9.59 Å². The monoisotopic (exact) mass is 1080 g/mol. The third kappa shape index (κ3) is 9.30. The molecule has 4 atom stereocenters. The third-order valence-electron chi connectivity index (χ3n) is 9.36. The van der Waals surface area contributed by atoms with Crippen LogP contribution in [0.5, 0.6) is 0 Å². The van der Waals surface area contributed by atoms with Crippen LogP contribution < -0.4 is 98.8 Å². The minimum atomic E-state index is -0.460. The fraction of sp³-hybridized carbons (Fsp3) is 0.294. The topological polar surface area (TPSA) is 116 Å². The van der Waals surface area contributed by atoms with Crippen molar-refractivity contribution in [3.05, 3.63) is 118 Å². The van der Waals surface area contributed by atoms with Crippen molar-refractivity contribution in [3.63, 3.8) is 0 Å². The summed E-state index contributed by atoms with van der Waals surface area (Å²) in [6.07, 6.45) is 14.4. The fourth-order valence-corrected chi connectivity index (χ4v) is 9.04. The Bertz CT molecular complexity index is 1660. The first-order chi connectivity index (χ1) is 21.4. The van der Waals surface area contributed by atoms with E-state index in [2.05, 4.69) is 79.1 Å². The Morgan fingerprint density at radius 3 is 1.30 bits per heavy atom. The van der Waals surface area contributed by atoms with Gasteiger partial charge in [-0.25, -0.2) is 0 Å². The van der Waals surface area contributed by atoms with Crippen LogP contribution in [0.1, 0.15) is 53.7 Å². The van der Waals surface area contributed by atoms with Crippen molar-refractivity contribution >= 4 is 23.7 Å². The van der Waals surface area contributed by atoms with E-state index in [1.807, 2.05) is 24.5 Å². The zero-order chi connectivity index (χ0) is 30.3. The predicted molar refractivity (Wildman–Crippen MR) is 160 cm³/mol. The Morgan fingerprint density at radius 1 is 0.660 bits per heavy atom. The molecule has 260 valence electrons. The molecule has 2 aromatic heterocycles. The van der Waals surface area contributed by atoms with Crippen molar-refractivity contribution in [1.29, 1.82) is 0 Å². The molecule has 0 saturated carbocycles. The van der Waals surface area contributed by atoms with Crippen LogP contribution in [-0.4, -0.2) is 55.7 Å². The molecule has 4 N–H and O–H groups in total. The standard InChI is InChI=1S/2C17H16N3O.3BrH.3ClH.2Zr/c2*21-16(14-7-12-3-1-2-4-13(12)8-14)17(5-6-20-17)9-15-10-18-11-19-15;;;;;;;;/h2*1-4,7-8,10-11,20H,5-6,9H2,(H,18,19);6*1H;;/q;;;;;;;;2*+3/p-6/t2*17-;;;;;;;;/m00......../s1. The number of H-pyrrole nitrogens is 2. The molecular formula is C34H32Br3Cl3N6O2Zr2. The Morgan fingerprint density at radius 2 is 1.02 bits per heavy atom. The molecule has 4 aromatic rings. The van der Waals surface area contributed by atoms with Crippen LogP contribution in [0.3, 0.4) is 0 Å². The first kappa shape index (κ1) is 47.7. The van der Waals surface area contributed by atoms with Gasteiger partial charge in [0, 0.05) is 0 Å². The van der Waals surface area contributed by atoms with Gasteiger partial charge in [-0.15, -0.1) is 0 Å². The maximum absolute atomic E-state index is 13.2. The number of halogens is 6. The number of imidazole rings is 2. The van der Waals surface area contributed by atoms with Crippen LogP contribution >= 0.6 is 0 Å². The van der Waals surface area contributed by atoms with Crippen LogP contribution in [0, 0.1) is 0 Å². The molecule has 16 heteroatoms. The van der Waals surface area contributed by atoms with Gasteiger partial charge in [-0.2, -0.15) is 0 Å². The molecule has 4 aliphatic rings. The Kier molecular flexibility index (Phi) is 19.4. The predicted octanol–water partition coefficient (Wildman–Crippen LogP) is -14.1. The molecular weight excluding hydrogens is 1050 g/mol. The van der Waals surface area contributed by atoms with Crippen LogP contribution in [0.25, 0.3) is 12.2 Å². The fourth-order valence-electron chi connectivity index (χ4n) is 6.69. The molecule has 0 amide bonds. The number of ketones is 2. The van der Waals surface area contributed by atoms with Crippen molar-refractivity contribution in [3.8, 4) is 0 Å². The van der Waals surface area contributed by atoms with Crippen molar-refractivity contribution in [2.45, 2.75) is 44.0 Å². The quantitative estimate of drug-likeness (QED) is 0.140. The summed E-state index contributed by atoms with van der Waals surface area (Å²) in [5.41, 5.74) is 7.86. The molecule has 2 aromatic carbocycles. The summed E-state index contributed by atoms with van der Waals surface area (Å²) in [6.45, 7) is 1.80. The summed E-state index contributed by atoms with van der Waals surface area (Å²) in [6, 6.07) is 16.7. The maximum Gasteiger partial charge on any atom is -1.00 e. The zero-order valence-corrected chi connectivity index (χ0v) is 38.4. The number of nitrogens with zero attached hydrogens (tertiary/aromatic N) is 2. The van der Waals surface area contributed by atoms with E-state index >= 15 is 0 Å². The number of benzene rings is 2. The molecule has 4 heterocycles. The van der Waals surface area contributed by atoms with Gasteiger partial charge in [-0.05, 0) is 0 Å². The van der Waals surface area contributed by atoms with Gasteiger partial charge >= 0.3 is 289 Å². The van der Waals surface area contributed by atoms with Gasteiger partial charge in [0.1, 0.15) is 0 Å². The van der Waals surface area contributed by atoms with Gasteiger partial charge in [0.15, 0.2) is 0 Å². The Balaban J connectivity index is 0.000000446.